The average Bonchev–Trinajstić information content (AvgIpc) is 2.90. The minimum atomic E-state index is -0.685. The average molecular weight is 261 g/mol. The van der Waals surface area contributed by atoms with E-state index in [9.17, 15) is 4.79 Å². The summed E-state index contributed by atoms with van der Waals surface area (Å²) in [6.07, 6.45) is 2.96. The van der Waals surface area contributed by atoms with Gasteiger partial charge in [0.05, 0.1) is 5.92 Å². The predicted octanol–water partition coefficient (Wildman–Crippen LogP) is 3.33. The Morgan fingerprint density at radius 2 is 2.05 bits per heavy atom. The predicted molar refractivity (Wildman–Crippen MR) is 76.3 cm³/mol. The fraction of sp³-hybridized carbons (Fsp3) is 0.562. The number of benzene rings is 1. The molecule has 2 N–H and O–H groups in total. The van der Waals surface area contributed by atoms with Gasteiger partial charge in [-0.25, -0.2) is 0 Å². The van der Waals surface area contributed by atoms with Gasteiger partial charge in [0, 0.05) is 12.6 Å². The molecule has 3 heteroatoms. The van der Waals surface area contributed by atoms with Crippen LogP contribution in [-0.4, -0.2) is 17.6 Å². The zero-order valence-electron chi connectivity index (χ0n) is 11.7. The number of carbonyl (C=O) groups is 1. The molecule has 0 aromatic heterocycles. The minimum absolute atomic E-state index is 0.192. The van der Waals surface area contributed by atoms with E-state index in [2.05, 4.69) is 43.4 Å². The van der Waals surface area contributed by atoms with Crippen LogP contribution in [0.5, 0.6) is 0 Å². The number of hydrogen-bond acceptors (Lipinski definition) is 2. The lowest BCUT2D eigenvalue weighted by Gasteiger charge is -2.21. The first-order valence-corrected chi connectivity index (χ1v) is 7.22. The molecule has 1 heterocycles. The van der Waals surface area contributed by atoms with Gasteiger partial charge in [-0.2, -0.15) is 0 Å². The second-order valence-electron chi connectivity index (χ2n) is 5.37. The van der Waals surface area contributed by atoms with Crippen LogP contribution in [-0.2, 0) is 4.79 Å². The Hall–Kier alpha value is -1.35. The first kappa shape index (κ1) is 14.1. The molecule has 0 bridgehead atoms. The molecule has 2 unspecified atom stereocenters. The lowest BCUT2D eigenvalue weighted by atomic mass is 9.86. The molecule has 104 valence electrons. The van der Waals surface area contributed by atoms with E-state index in [0.717, 1.165) is 12.8 Å². The van der Waals surface area contributed by atoms with Crippen molar-refractivity contribution in [3.63, 3.8) is 0 Å². The molecule has 2 atom stereocenters. The van der Waals surface area contributed by atoms with E-state index in [0.29, 0.717) is 18.9 Å². The van der Waals surface area contributed by atoms with Gasteiger partial charge in [0.15, 0.2) is 0 Å². The molecule has 1 aliphatic heterocycles. The topological polar surface area (TPSA) is 49.3 Å². The van der Waals surface area contributed by atoms with Crippen molar-refractivity contribution < 1.29 is 9.90 Å². The molecule has 1 fully saturated rings. The molecule has 1 saturated heterocycles. The standard InChI is InChI=1S/C16H23NO2/c1-3-11(4-2)13-7-5-6-8-14(13)15-9-12(10-17-15)16(18)19/h5-8,11-12,15,17H,3-4,9-10H2,1-2H3,(H,18,19). The molecule has 0 amide bonds. The van der Waals surface area contributed by atoms with Crippen LogP contribution in [0.2, 0.25) is 0 Å². The van der Waals surface area contributed by atoms with Crippen molar-refractivity contribution in [2.75, 3.05) is 6.54 Å². The fourth-order valence-electron chi connectivity index (χ4n) is 3.09. The molecule has 0 saturated carbocycles. The van der Waals surface area contributed by atoms with E-state index in [1.807, 2.05) is 0 Å². The van der Waals surface area contributed by atoms with Crippen LogP contribution in [0.15, 0.2) is 24.3 Å². The number of carboxylic acid groups (broad SMARTS) is 1. The lowest BCUT2D eigenvalue weighted by Crippen LogP contribution is -2.18. The second kappa shape index (κ2) is 6.20. The first-order valence-electron chi connectivity index (χ1n) is 7.22. The van der Waals surface area contributed by atoms with Crippen molar-refractivity contribution in [1.82, 2.24) is 5.32 Å². The Labute approximate surface area is 115 Å². The summed E-state index contributed by atoms with van der Waals surface area (Å²) < 4.78 is 0. The maximum Gasteiger partial charge on any atom is 0.307 e. The van der Waals surface area contributed by atoms with Crippen LogP contribution in [0.3, 0.4) is 0 Å². The monoisotopic (exact) mass is 261 g/mol. The maximum absolute atomic E-state index is 11.1. The zero-order chi connectivity index (χ0) is 13.8. The Morgan fingerprint density at radius 1 is 1.37 bits per heavy atom. The third kappa shape index (κ3) is 2.98. The van der Waals surface area contributed by atoms with Crippen LogP contribution >= 0.6 is 0 Å². The molecule has 0 radical (unpaired) electrons. The Balaban J connectivity index is 2.23. The summed E-state index contributed by atoms with van der Waals surface area (Å²) in [6.45, 7) is 5.01. The van der Waals surface area contributed by atoms with Gasteiger partial charge in [-0.3, -0.25) is 4.79 Å². The highest BCUT2D eigenvalue weighted by Crippen LogP contribution is 2.34. The number of aliphatic carboxylic acids is 1. The van der Waals surface area contributed by atoms with E-state index in [4.69, 9.17) is 5.11 Å². The van der Waals surface area contributed by atoms with Gasteiger partial charge in [0.2, 0.25) is 0 Å². The lowest BCUT2D eigenvalue weighted by molar-refractivity contribution is -0.141. The quantitative estimate of drug-likeness (QED) is 0.854. The van der Waals surface area contributed by atoms with Crippen molar-refractivity contribution in [2.24, 2.45) is 5.92 Å². The largest absolute Gasteiger partial charge is 0.481 e. The molecule has 2 rings (SSSR count). The number of hydrogen-bond donors (Lipinski definition) is 2. The molecule has 1 aromatic carbocycles. The molecule has 0 spiro atoms. The van der Waals surface area contributed by atoms with Crippen molar-refractivity contribution >= 4 is 5.97 Å². The van der Waals surface area contributed by atoms with Crippen LogP contribution in [0, 0.1) is 5.92 Å². The number of carboxylic acids is 1. The number of rotatable bonds is 5. The summed E-state index contributed by atoms with van der Waals surface area (Å²) in [7, 11) is 0. The molecule has 1 aromatic rings. The highest BCUT2D eigenvalue weighted by atomic mass is 16.4. The number of nitrogens with one attached hydrogen (secondary N) is 1. The maximum atomic E-state index is 11.1. The fourth-order valence-corrected chi connectivity index (χ4v) is 3.09. The summed E-state index contributed by atoms with van der Waals surface area (Å²) in [5.41, 5.74) is 2.68. The van der Waals surface area contributed by atoms with Crippen molar-refractivity contribution in [3.05, 3.63) is 35.4 Å². The van der Waals surface area contributed by atoms with Gasteiger partial charge in [0.1, 0.15) is 0 Å². The third-order valence-electron chi connectivity index (χ3n) is 4.28. The molecule has 3 nitrogen and oxygen atoms in total. The molecule has 0 aliphatic carbocycles. The summed E-state index contributed by atoms with van der Waals surface area (Å²) in [6, 6.07) is 8.67. The van der Waals surface area contributed by atoms with E-state index in [1.165, 1.54) is 11.1 Å². The molecular formula is C16H23NO2. The van der Waals surface area contributed by atoms with E-state index < -0.39 is 5.97 Å². The SMILES string of the molecule is CCC(CC)c1ccccc1C1CC(C(=O)O)CN1. The van der Waals surface area contributed by atoms with Crippen molar-refractivity contribution in [2.45, 2.75) is 45.1 Å². The highest BCUT2D eigenvalue weighted by Gasteiger charge is 2.31. The van der Waals surface area contributed by atoms with Gasteiger partial charge in [0.25, 0.3) is 0 Å². The van der Waals surface area contributed by atoms with Crippen LogP contribution in [0.25, 0.3) is 0 Å². The van der Waals surface area contributed by atoms with E-state index >= 15 is 0 Å². The summed E-state index contributed by atoms with van der Waals surface area (Å²) in [5, 5.41) is 12.5. The Morgan fingerprint density at radius 3 is 2.63 bits per heavy atom. The normalized spacial score (nSPS) is 22.9. The summed E-state index contributed by atoms with van der Waals surface area (Å²) in [4.78, 5) is 11.1. The third-order valence-corrected chi connectivity index (χ3v) is 4.28. The first-order chi connectivity index (χ1) is 9.17. The van der Waals surface area contributed by atoms with Gasteiger partial charge >= 0.3 is 5.97 Å². The molecule has 1 aliphatic rings. The Kier molecular flexibility index (Phi) is 4.59. The minimum Gasteiger partial charge on any atom is -0.481 e. The molecular weight excluding hydrogens is 238 g/mol. The Bertz CT molecular complexity index is 440. The van der Waals surface area contributed by atoms with Crippen molar-refractivity contribution in [1.29, 1.82) is 0 Å². The van der Waals surface area contributed by atoms with Gasteiger partial charge in [-0.05, 0) is 36.3 Å². The van der Waals surface area contributed by atoms with Crippen molar-refractivity contribution in [3.8, 4) is 0 Å². The summed E-state index contributed by atoms with van der Waals surface area (Å²) >= 11 is 0. The zero-order valence-corrected chi connectivity index (χ0v) is 11.7. The van der Waals surface area contributed by atoms with Gasteiger partial charge in [-0.1, -0.05) is 38.1 Å². The van der Waals surface area contributed by atoms with Gasteiger partial charge in [-0.15, -0.1) is 0 Å². The van der Waals surface area contributed by atoms with Crippen LogP contribution < -0.4 is 5.32 Å². The van der Waals surface area contributed by atoms with E-state index in [-0.39, 0.29) is 12.0 Å². The smallest absolute Gasteiger partial charge is 0.307 e. The van der Waals surface area contributed by atoms with Crippen LogP contribution in [0.1, 0.15) is 56.2 Å². The molecule has 19 heavy (non-hydrogen) atoms. The van der Waals surface area contributed by atoms with Gasteiger partial charge < -0.3 is 10.4 Å². The van der Waals surface area contributed by atoms with E-state index in [1.54, 1.807) is 0 Å². The second-order valence-corrected chi connectivity index (χ2v) is 5.37. The summed E-state index contributed by atoms with van der Waals surface area (Å²) in [5.74, 6) is -0.364. The van der Waals surface area contributed by atoms with Crippen LogP contribution in [0.4, 0.5) is 0 Å². The highest BCUT2D eigenvalue weighted by molar-refractivity contribution is 5.70.